The van der Waals surface area contributed by atoms with Gasteiger partial charge in [-0.3, -0.25) is 22.5 Å². The second kappa shape index (κ2) is 7.11. The normalized spacial score (nSPS) is 7.36. The van der Waals surface area contributed by atoms with Gasteiger partial charge in [0.25, 0.3) is 0 Å². The molecule has 0 aliphatic rings. The molecule has 0 aliphatic carbocycles. The van der Waals surface area contributed by atoms with Crippen LogP contribution in [-0.4, -0.2) is 19.5 Å². The van der Waals surface area contributed by atoms with Gasteiger partial charge in [0.2, 0.25) is 0 Å². The molecule has 11 heavy (non-hydrogen) atoms. The molecular formula is C4H6BF3O3. The molecule has 0 bridgehead atoms. The zero-order valence-corrected chi connectivity index (χ0v) is 5.94. The van der Waals surface area contributed by atoms with Crippen LogP contribution in [0.2, 0.25) is 0 Å². The lowest BCUT2D eigenvalue weighted by Crippen LogP contribution is -2.03. The fourth-order valence-corrected chi connectivity index (χ4v) is 0.202. The molecule has 0 aromatic carbocycles. The third kappa shape index (κ3) is 49.1. The lowest BCUT2D eigenvalue weighted by Gasteiger charge is -1.87. The maximum Gasteiger partial charge on any atom is 0.762 e. The van der Waals surface area contributed by atoms with Crippen molar-refractivity contribution in [1.29, 1.82) is 0 Å². The van der Waals surface area contributed by atoms with Gasteiger partial charge in [0.15, 0.2) is 0 Å². The molecule has 0 aromatic rings. The Hall–Kier alpha value is -1.01. The molecule has 0 spiro atoms. The summed E-state index contributed by atoms with van der Waals surface area (Å²) < 4.78 is 33.0. The van der Waals surface area contributed by atoms with Crippen molar-refractivity contribution >= 4 is 19.5 Å². The summed E-state index contributed by atoms with van der Waals surface area (Å²) >= 11 is 0. The van der Waals surface area contributed by atoms with Crippen LogP contribution >= 0.6 is 0 Å². The Balaban J connectivity index is 0. The summed E-state index contributed by atoms with van der Waals surface area (Å²) in [5.41, 5.74) is 0. The van der Waals surface area contributed by atoms with Crippen molar-refractivity contribution in [2.75, 3.05) is 0 Å². The van der Waals surface area contributed by atoms with Gasteiger partial charge < -0.3 is 4.74 Å². The second-order valence-corrected chi connectivity index (χ2v) is 1.33. The predicted molar refractivity (Wildman–Crippen MR) is 31.5 cm³/mol. The average Bonchev–Trinajstić information content (AvgIpc) is 1.56. The maximum absolute atomic E-state index is 9.81. The zero-order chi connectivity index (χ0) is 9.44. The molecule has 0 saturated carbocycles. The SMILES string of the molecule is CC(=O)OC(C)=O.FB(F)F. The number of rotatable bonds is 0. The Morgan fingerprint density at radius 1 is 1.09 bits per heavy atom. The van der Waals surface area contributed by atoms with Crippen molar-refractivity contribution in [2.45, 2.75) is 13.8 Å². The fraction of sp³-hybridized carbons (Fsp3) is 0.500. The predicted octanol–water partition coefficient (Wildman–Crippen LogP) is 0.976. The second-order valence-electron chi connectivity index (χ2n) is 1.33. The Bertz CT molecular complexity index is 124. The summed E-state index contributed by atoms with van der Waals surface area (Å²) in [6, 6.07) is 0. The summed E-state index contributed by atoms with van der Waals surface area (Å²) in [6.07, 6.45) is 0. The summed E-state index contributed by atoms with van der Waals surface area (Å²) in [5, 5.41) is 0. The average molecular weight is 170 g/mol. The molecule has 0 N–H and O–H groups in total. The van der Waals surface area contributed by atoms with Gasteiger partial charge in [0.05, 0.1) is 0 Å². The van der Waals surface area contributed by atoms with E-state index in [-0.39, 0.29) is 0 Å². The molecule has 0 saturated heterocycles. The molecule has 0 unspecified atom stereocenters. The quantitative estimate of drug-likeness (QED) is 0.309. The number of halogens is 3. The van der Waals surface area contributed by atoms with Gasteiger partial charge in [-0.15, -0.1) is 0 Å². The highest BCUT2D eigenvalue weighted by Gasteiger charge is 2.06. The monoisotopic (exact) mass is 170 g/mol. The van der Waals surface area contributed by atoms with Gasteiger partial charge in [-0.1, -0.05) is 0 Å². The van der Waals surface area contributed by atoms with E-state index >= 15 is 0 Å². The van der Waals surface area contributed by atoms with Crippen molar-refractivity contribution in [3.8, 4) is 0 Å². The van der Waals surface area contributed by atoms with E-state index in [0.717, 1.165) is 0 Å². The number of esters is 2. The Morgan fingerprint density at radius 2 is 1.27 bits per heavy atom. The van der Waals surface area contributed by atoms with Crippen LogP contribution in [0.1, 0.15) is 13.8 Å². The molecule has 0 fully saturated rings. The molecule has 64 valence electrons. The Kier molecular flexibility index (Phi) is 8.17. The first kappa shape index (κ1) is 12.7. The first-order valence-corrected chi connectivity index (χ1v) is 2.47. The molecule has 0 radical (unpaired) electrons. The van der Waals surface area contributed by atoms with Crippen molar-refractivity contribution in [3.63, 3.8) is 0 Å². The molecule has 7 heteroatoms. The Labute approximate surface area is 61.7 Å². The molecular weight excluding hydrogens is 164 g/mol. The van der Waals surface area contributed by atoms with Gasteiger partial charge in [0, 0.05) is 13.8 Å². The van der Waals surface area contributed by atoms with Crippen molar-refractivity contribution < 1.29 is 27.3 Å². The standard InChI is InChI=1S/C4H6O3.BF3/c1-3(5)7-4(2)6;2-1(3)4/h1-2H3;. The number of carbonyl (C=O) groups excluding carboxylic acids is 2. The minimum Gasteiger partial charge on any atom is -0.394 e. The Morgan fingerprint density at radius 3 is 1.27 bits per heavy atom. The molecule has 0 heterocycles. The highest BCUT2D eigenvalue weighted by Crippen LogP contribution is 1.80. The van der Waals surface area contributed by atoms with Gasteiger partial charge >= 0.3 is 19.5 Å². The molecule has 0 atom stereocenters. The van der Waals surface area contributed by atoms with Crippen molar-refractivity contribution in [3.05, 3.63) is 0 Å². The third-order valence-corrected chi connectivity index (χ3v) is 0.287. The van der Waals surface area contributed by atoms with E-state index in [2.05, 4.69) is 4.74 Å². The minimum atomic E-state index is -3.67. The molecule has 0 aromatic heterocycles. The van der Waals surface area contributed by atoms with Crippen LogP contribution in [0.5, 0.6) is 0 Å². The molecule has 0 aliphatic heterocycles. The van der Waals surface area contributed by atoms with E-state index in [9.17, 15) is 22.5 Å². The first-order valence-electron chi connectivity index (χ1n) is 2.47. The number of hydrogen-bond donors (Lipinski definition) is 0. The lowest BCUT2D eigenvalue weighted by atomic mass is 10.5. The van der Waals surface area contributed by atoms with Gasteiger partial charge in [-0.2, -0.15) is 0 Å². The van der Waals surface area contributed by atoms with Crippen LogP contribution in [0, 0.1) is 0 Å². The van der Waals surface area contributed by atoms with Crippen LogP contribution in [0.15, 0.2) is 0 Å². The number of hydrogen-bond acceptors (Lipinski definition) is 3. The van der Waals surface area contributed by atoms with Crippen LogP contribution in [0.25, 0.3) is 0 Å². The summed E-state index contributed by atoms with van der Waals surface area (Å²) in [4.78, 5) is 19.6. The van der Waals surface area contributed by atoms with Crippen molar-refractivity contribution in [1.82, 2.24) is 0 Å². The zero-order valence-electron chi connectivity index (χ0n) is 5.94. The molecule has 0 rings (SSSR count). The smallest absolute Gasteiger partial charge is 0.394 e. The van der Waals surface area contributed by atoms with E-state index in [4.69, 9.17) is 0 Å². The van der Waals surface area contributed by atoms with Gasteiger partial charge in [0.1, 0.15) is 0 Å². The van der Waals surface area contributed by atoms with Gasteiger partial charge in [-0.05, 0) is 0 Å². The van der Waals surface area contributed by atoms with Crippen LogP contribution in [0.4, 0.5) is 12.9 Å². The van der Waals surface area contributed by atoms with E-state index in [1.807, 2.05) is 0 Å². The minimum absolute atomic E-state index is 0.562. The fourth-order valence-electron chi connectivity index (χ4n) is 0.202. The highest BCUT2D eigenvalue weighted by molar-refractivity contribution is 6.33. The first-order chi connectivity index (χ1) is 4.86. The largest absolute Gasteiger partial charge is 0.762 e. The highest BCUT2D eigenvalue weighted by atomic mass is 19.4. The topological polar surface area (TPSA) is 43.4 Å². The van der Waals surface area contributed by atoms with E-state index in [1.165, 1.54) is 13.8 Å². The maximum atomic E-state index is 9.81. The third-order valence-electron chi connectivity index (χ3n) is 0.287. The number of carbonyl (C=O) groups is 2. The summed E-state index contributed by atoms with van der Waals surface area (Å²) in [7, 11) is -3.67. The van der Waals surface area contributed by atoms with E-state index in [1.54, 1.807) is 0 Å². The summed E-state index contributed by atoms with van der Waals surface area (Å²) in [5.74, 6) is -1.12. The lowest BCUT2D eigenvalue weighted by molar-refractivity contribution is -0.156. The van der Waals surface area contributed by atoms with Crippen molar-refractivity contribution in [2.24, 2.45) is 0 Å². The van der Waals surface area contributed by atoms with Crippen LogP contribution < -0.4 is 0 Å². The summed E-state index contributed by atoms with van der Waals surface area (Å²) in [6.45, 7) is 2.36. The van der Waals surface area contributed by atoms with E-state index < -0.39 is 19.5 Å². The molecule has 0 amide bonds. The van der Waals surface area contributed by atoms with E-state index in [0.29, 0.717) is 0 Å². The molecule has 3 nitrogen and oxygen atoms in total. The van der Waals surface area contributed by atoms with Gasteiger partial charge in [-0.25, -0.2) is 0 Å². The van der Waals surface area contributed by atoms with Crippen LogP contribution in [0.3, 0.4) is 0 Å². The number of ether oxygens (including phenoxy) is 1. The van der Waals surface area contributed by atoms with Crippen LogP contribution in [-0.2, 0) is 14.3 Å².